The molecule has 0 fully saturated rings. The van der Waals surface area contributed by atoms with Crippen molar-refractivity contribution in [1.82, 2.24) is 0 Å². The van der Waals surface area contributed by atoms with E-state index in [-0.39, 0.29) is 31.1 Å². The van der Waals surface area contributed by atoms with Crippen molar-refractivity contribution >= 4 is 17.9 Å². The molecular weight excluding hydrogens is 937 g/mol. The maximum Gasteiger partial charge on any atom is 0.306 e. The van der Waals surface area contributed by atoms with Crippen molar-refractivity contribution in [2.75, 3.05) is 13.2 Å². The molecule has 0 rings (SSSR count). The molecule has 0 radical (unpaired) electrons. The summed E-state index contributed by atoms with van der Waals surface area (Å²) < 4.78 is 16.9. The van der Waals surface area contributed by atoms with Gasteiger partial charge in [0.2, 0.25) is 0 Å². The normalized spacial score (nSPS) is 12.8. The van der Waals surface area contributed by atoms with Crippen LogP contribution in [0.15, 0.2) is 109 Å². The lowest BCUT2D eigenvalue weighted by atomic mass is 10.0. The van der Waals surface area contributed by atoms with Crippen LogP contribution in [0.25, 0.3) is 0 Å². The number of unbranched alkanes of at least 4 members (excludes halogenated alkanes) is 28. The lowest BCUT2D eigenvalue weighted by Gasteiger charge is -2.18. The van der Waals surface area contributed by atoms with Gasteiger partial charge in [0, 0.05) is 19.3 Å². The van der Waals surface area contributed by atoms with Gasteiger partial charge in [0.05, 0.1) is 0 Å². The van der Waals surface area contributed by atoms with Crippen molar-refractivity contribution in [3.63, 3.8) is 0 Å². The Bertz CT molecular complexity index is 1540. The van der Waals surface area contributed by atoms with E-state index in [1.807, 2.05) is 0 Å². The van der Waals surface area contributed by atoms with Crippen LogP contribution in [-0.2, 0) is 28.6 Å². The standard InChI is InChI=1S/C70H118O6/c1-4-7-10-13-16-19-22-25-28-30-31-32-33-34-35-36-37-38-39-40-43-45-48-51-54-57-60-63-69(72)75-66-67(65-74-68(71)62-59-56-53-50-47-44-41-27-24-21-18-15-12-9-6-3)76-70(73)64-61-58-55-52-49-46-42-29-26-23-20-17-14-11-8-5-2/h7,9-10,12,16,18-19,21,25,27-28,31-32,34-35,41,47,50,67H,4-6,8,11,13-15,17,20,22-24,26,29-30,33,36-40,42-46,48-49,51-66H2,1-3H3/b10-7-,12-9-,19-16-,21-18-,28-25-,32-31-,35-34-,41-27-,50-47-. The first-order chi connectivity index (χ1) is 37.5. The highest BCUT2D eigenvalue weighted by molar-refractivity contribution is 5.71. The predicted octanol–water partition coefficient (Wildman–Crippen LogP) is 21.8. The van der Waals surface area contributed by atoms with E-state index in [0.29, 0.717) is 19.3 Å². The molecule has 0 amide bonds. The van der Waals surface area contributed by atoms with Crippen molar-refractivity contribution in [3.05, 3.63) is 109 Å². The van der Waals surface area contributed by atoms with E-state index in [1.165, 1.54) is 141 Å². The van der Waals surface area contributed by atoms with Crippen molar-refractivity contribution in [1.29, 1.82) is 0 Å². The molecule has 6 heteroatoms. The van der Waals surface area contributed by atoms with Crippen LogP contribution in [0.5, 0.6) is 0 Å². The van der Waals surface area contributed by atoms with E-state index in [2.05, 4.69) is 130 Å². The Morgan fingerprint density at radius 1 is 0.276 bits per heavy atom. The van der Waals surface area contributed by atoms with Gasteiger partial charge in [-0.25, -0.2) is 0 Å². The third kappa shape index (κ3) is 60.9. The Balaban J connectivity index is 4.34. The number of allylic oxidation sites excluding steroid dienone is 18. The van der Waals surface area contributed by atoms with Gasteiger partial charge >= 0.3 is 17.9 Å². The van der Waals surface area contributed by atoms with Crippen molar-refractivity contribution in [2.45, 2.75) is 303 Å². The van der Waals surface area contributed by atoms with E-state index < -0.39 is 6.10 Å². The van der Waals surface area contributed by atoms with Gasteiger partial charge in [0.15, 0.2) is 6.10 Å². The Labute approximate surface area is 470 Å². The third-order valence-electron chi connectivity index (χ3n) is 13.5. The van der Waals surface area contributed by atoms with Crippen LogP contribution < -0.4 is 0 Å². The number of hydrogen-bond acceptors (Lipinski definition) is 6. The molecule has 0 aliphatic heterocycles. The molecule has 0 aromatic carbocycles. The fraction of sp³-hybridized carbons (Fsp3) is 0.700. The van der Waals surface area contributed by atoms with Crippen molar-refractivity contribution < 1.29 is 28.6 Å². The molecule has 0 aromatic rings. The number of esters is 3. The van der Waals surface area contributed by atoms with Gasteiger partial charge in [0.25, 0.3) is 0 Å². The second-order valence-electron chi connectivity index (χ2n) is 20.9. The van der Waals surface area contributed by atoms with E-state index >= 15 is 0 Å². The highest BCUT2D eigenvalue weighted by atomic mass is 16.6. The first-order valence-corrected chi connectivity index (χ1v) is 31.9. The van der Waals surface area contributed by atoms with Gasteiger partial charge in [-0.2, -0.15) is 0 Å². The van der Waals surface area contributed by atoms with Gasteiger partial charge in [-0.1, -0.05) is 284 Å². The van der Waals surface area contributed by atoms with E-state index in [1.54, 1.807) is 0 Å². The molecule has 0 spiro atoms. The van der Waals surface area contributed by atoms with Crippen LogP contribution in [0.1, 0.15) is 297 Å². The molecule has 1 atom stereocenters. The Kier molecular flexibility index (Phi) is 60.3. The summed E-state index contributed by atoms with van der Waals surface area (Å²) in [5, 5.41) is 0. The zero-order valence-electron chi connectivity index (χ0n) is 49.7. The lowest BCUT2D eigenvalue weighted by Crippen LogP contribution is -2.30. The number of ether oxygens (including phenoxy) is 3. The van der Waals surface area contributed by atoms with E-state index in [0.717, 1.165) is 116 Å². The minimum absolute atomic E-state index is 0.0912. The van der Waals surface area contributed by atoms with Gasteiger partial charge in [0.1, 0.15) is 13.2 Å². The molecule has 434 valence electrons. The van der Waals surface area contributed by atoms with Gasteiger partial charge in [-0.3, -0.25) is 14.4 Å². The summed E-state index contributed by atoms with van der Waals surface area (Å²) in [6, 6.07) is 0. The molecule has 0 heterocycles. The quantitative estimate of drug-likeness (QED) is 0.0261. The first-order valence-electron chi connectivity index (χ1n) is 31.9. The van der Waals surface area contributed by atoms with Crippen LogP contribution in [0.3, 0.4) is 0 Å². The Morgan fingerprint density at radius 2 is 0.513 bits per heavy atom. The summed E-state index contributed by atoms with van der Waals surface area (Å²) in [7, 11) is 0. The average Bonchev–Trinajstić information content (AvgIpc) is 3.42. The van der Waals surface area contributed by atoms with Crippen molar-refractivity contribution in [3.8, 4) is 0 Å². The molecule has 0 aromatic heterocycles. The van der Waals surface area contributed by atoms with Crippen LogP contribution in [-0.4, -0.2) is 37.2 Å². The molecule has 0 N–H and O–H groups in total. The summed E-state index contributed by atoms with van der Waals surface area (Å²) in [5.41, 5.74) is 0. The summed E-state index contributed by atoms with van der Waals surface area (Å²) in [6.07, 6.45) is 86.7. The highest BCUT2D eigenvalue weighted by Gasteiger charge is 2.19. The summed E-state index contributed by atoms with van der Waals surface area (Å²) in [6.45, 7) is 6.40. The molecule has 1 unspecified atom stereocenters. The van der Waals surface area contributed by atoms with Gasteiger partial charge in [-0.15, -0.1) is 0 Å². The maximum absolute atomic E-state index is 12.9. The first kappa shape index (κ1) is 72.1. The monoisotopic (exact) mass is 1050 g/mol. The van der Waals surface area contributed by atoms with E-state index in [9.17, 15) is 14.4 Å². The zero-order chi connectivity index (χ0) is 55.0. The molecule has 6 nitrogen and oxygen atoms in total. The SMILES string of the molecule is CC/C=C\C/C=C\C/C=C\C/C=C\C/C=C\CCCCCCCCCCCCCC(=O)OCC(COC(=O)CCCC/C=C\C/C=C\C/C=C\C/C=C\CC)OC(=O)CCCCCCCCCCCCCCCCCC. The molecule has 0 bridgehead atoms. The van der Waals surface area contributed by atoms with Crippen molar-refractivity contribution in [2.24, 2.45) is 0 Å². The van der Waals surface area contributed by atoms with Crippen LogP contribution in [0.4, 0.5) is 0 Å². The average molecular weight is 1060 g/mol. The molecule has 0 saturated carbocycles. The Hall–Kier alpha value is -3.93. The second-order valence-corrected chi connectivity index (χ2v) is 20.9. The number of hydrogen-bond donors (Lipinski definition) is 0. The highest BCUT2D eigenvalue weighted by Crippen LogP contribution is 2.16. The predicted molar refractivity (Wildman–Crippen MR) is 330 cm³/mol. The fourth-order valence-electron chi connectivity index (χ4n) is 8.81. The molecule has 0 aliphatic carbocycles. The number of carbonyl (C=O) groups is 3. The van der Waals surface area contributed by atoms with Gasteiger partial charge in [-0.05, 0) is 103 Å². The minimum atomic E-state index is -0.797. The van der Waals surface area contributed by atoms with Gasteiger partial charge < -0.3 is 14.2 Å². The summed E-state index contributed by atoms with van der Waals surface area (Å²) in [4.78, 5) is 38.3. The summed E-state index contributed by atoms with van der Waals surface area (Å²) >= 11 is 0. The zero-order valence-corrected chi connectivity index (χ0v) is 49.7. The van der Waals surface area contributed by atoms with Crippen LogP contribution in [0, 0.1) is 0 Å². The largest absolute Gasteiger partial charge is 0.462 e. The summed E-state index contributed by atoms with van der Waals surface area (Å²) in [5.74, 6) is -0.927. The lowest BCUT2D eigenvalue weighted by molar-refractivity contribution is -0.167. The van der Waals surface area contributed by atoms with E-state index in [4.69, 9.17) is 14.2 Å². The number of rotatable bonds is 57. The van der Waals surface area contributed by atoms with Crippen LogP contribution >= 0.6 is 0 Å². The molecule has 0 saturated heterocycles. The third-order valence-corrected chi connectivity index (χ3v) is 13.5. The molecular formula is C70H118O6. The van der Waals surface area contributed by atoms with Crippen LogP contribution in [0.2, 0.25) is 0 Å². The fourth-order valence-corrected chi connectivity index (χ4v) is 8.81. The maximum atomic E-state index is 12.9. The molecule has 76 heavy (non-hydrogen) atoms. The second kappa shape index (κ2) is 63.6. The minimum Gasteiger partial charge on any atom is -0.462 e. The smallest absolute Gasteiger partial charge is 0.306 e. The topological polar surface area (TPSA) is 78.9 Å². The molecule has 0 aliphatic rings. The number of carbonyl (C=O) groups excluding carboxylic acids is 3. The Morgan fingerprint density at radius 3 is 0.829 bits per heavy atom.